The van der Waals surface area contributed by atoms with Crippen LogP contribution in [0.2, 0.25) is 0 Å². The smallest absolute Gasteiger partial charge is 0.280 e. The van der Waals surface area contributed by atoms with Crippen LogP contribution in [0.4, 0.5) is 8.78 Å². The van der Waals surface area contributed by atoms with Crippen LogP contribution in [-0.2, 0) is 0 Å². The average Bonchev–Trinajstić information content (AvgIpc) is 2.17. The fourth-order valence-electron chi connectivity index (χ4n) is 1.23. The number of Topliss-reactive ketones (excluding diaryl/α,β-unsaturated/α-hetero) is 1. The molecular formula is C11H13F2NO. The predicted molar refractivity (Wildman–Crippen MR) is 53.0 cm³/mol. The monoisotopic (exact) mass is 213 g/mol. The van der Waals surface area contributed by atoms with E-state index in [0.29, 0.717) is 12.0 Å². The Kier molecular flexibility index (Phi) is 3.88. The Hall–Kier alpha value is -1.32. The molecule has 15 heavy (non-hydrogen) atoms. The molecular weight excluding hydrogens is 200 g/mol. The molecule has 0 fully saturated rings. The largest absolute Gasteiger partial charge is 0.294 e. The first-order valence-corrected chi connectivity index (χ1v) is 4.78. The second kappa shape index (κ2) is 4.96. The van der Waals surface area contributed by atoms with Gasteiger partial charge in [-0.1, -0.05) is 13.8 Å². The molecule has 0 aliphatic heterocycles. The van der Waals surface area contributed by atoms with E-state index in [2.05, 4.69) is 4.98 Å². The van der Waals surface area contributed by atoms with Gasteiger partial charge in [-0.3, -0.25) is 9.78 Å². The quantitative estimate of drug-likeness (QED) is 0.718. The lowest BCUT2D eigenvalue weighted by Gasteiger charge is -2.05. The minimum absolute atomic E-state index is 0.116. The Bertz CT molecular complexity index is 350. The highest BCUT2D eigenvalue weighted by Gasteiger charge is 2.13. The van der Waals surface area contributed by atoms with Gasteiger partial charge in [-0.15, -0.1) is 0 Å². The van der Waals surface area contributed by atoms with E-state index in [1.807, 2.05) is 13.8 Å². The van der Waals surface area contributed by atoms with Crippen LogP contribution in [0, 0.1) is 5.92 Å². The molecule has 2 nitrogen and oxygen atoms in total. The zero-order chi connectivity index (χ0) is 11.4. The summed E-state index contributed by atoms with van der Waals surface area (Å²) in [5, 5.41) is 0. The van der Waals surface area contributed by atoms with E-state index in [1.165, 1.54) is 12.3 Å². The van der Waals surface area contributed by atoms with Crippen molar-refractivity contribution in [2.75, 3.05) is 0 Å². The molecule has 0 N–H and O–H groups in total. The summed E-state index contributed by atoms with van der Waals surface area (Å²) in [6.45, 7) is 3.82. The first-order chi connectivity index (χ1) is 7.00. The molecule has 1 heterocycles. The third-order valence-corrected chi connectivity index (χ3v) is 1.92. The highest BCUT2D eigenvalue weighted by atomic mass is 19.3. The lowest BCUT2D eigenvalue weighted by atomic mass is 10.0. The summed E-state index contributed by atoms with van der Waals surface area (Å²) in [6, 6.07) is 2.63. The van der Waals surface area contributed by atoms with Gasteiger partial charge in [0.1, 0.15) is 5.69 Å². The van der Waals surface area contributed by atoms with Crippen LogP contribution < -0.4 is 0 Å². The van der Waals surface area contributed by atoms with Crippen molar-refractivity contribution in [1.29, 1.82) is 0 Å². The number of carbonyl (C=O) groups is 1. The average molecular weight is 213 g/mol. The Balaban J connectivity index is 2.85. The van der Waals surface area contributed by atoms with Crippen LogP contribution in [-0.4, -0.2) is 10.8 Å². The Morgan fingerprint density at radius 3 is 2.67 bits per heavy atom. The molecule has 0 radical (unpaired) electrons. The Labute approximate surface area is 87.3 Å². The molecule has 4 heteroatoms. The molecule has 0 amide bonds. The molecule has 82 valence electrons. The van der Waals surface area contributed by atoms with E-state index in [1.54, 1.807) is 0 Å². The zero-order valence-corrected chi connectivity index (χ0v) is 8.71. The first-order valence-electron chi connectivity index (χ1n) is 4.78. The molecule has 0 bridgehead atoms. The molecule has 0 spiro atoms. The van der Waals surface area contributed by atoms with Crippen molar-refractivity contribution in [2.24, 2.45) is 5.92 Å². The zero-order valence-electron chi connectivity index (χ0n) is 8.71. The van der Waals surface area contributed by atoms with Gasteiger partial charge in [0.15, 0.2) is 5.78 Å². The maximum Gasteiger partial charge on any atom is 0.280 e. The van der Waals surface area contributed by atoms with E-state index in [4.69, 9.17) is 0 Å². The second-order valence-electron chi connectivity index (χ2n) is 3.79. The summed E-state index contributed by atoms with van der Waals surface area (Å²) in [5.41, 5.74) is -0.0291. The standard InChI is InChI=1S/C11H13F2NO/c1-7(2)5-10(15)8-3-4-14-9(6-8)11(12)13/h3-4,6-7,11H,5H2,1-2H3. The van der Waals surface area contributed by atoms with E-state index in [0.717, 1.165) is 6.07 Å². The maximum atomic E-state index is 12.3. The van der Waals surface area contributed by atoms with Gasteiger partial charge < -0.3 is 0 Å². The topological polar surface area (TPSA) is 30.0 Å². The molecule has 0 atom stereocenters. The predicted octanol–water partition coefficient (Wildman–Crippen LogP) is 3.25. The maximum absolute atomic E-state index is 12.3. The van der Waals surface area contributed by atoms with Crippen LogP contribution in [0.25, 0.3) is 0 Å². The number of pyridine rings is 1. The van der Waals surface area contributed by atoms with Gasteiger partial charge in [0.2, 0.25) is 0 Å². The van der Waals surface area contributed by atoms with Crippen molar-refractivity contribution in [2.45, 2.75) is 26.7 Å². The van der Waals surface area contributed by atoms with E-state index < -0.39 is 6.43 Å². The third kappa shape index (κ3) is 3.38. The molecule has 0 saturated carbocycles. The fraction of sp³-hybridized carbons (Fsp3) is 0.455. The van der Waals surface area contributed by atoms with E-state index in [9.17, 15) is 13.6 Å². The number of hydrogen-bond donors (Lipinski definition) is 0. The van der Waals surface area contributed by atoms with Crippen molar-refractivity contribution in [1.82, 2.24) is 4.98 Å². The summed E-state index contributed by atoms with van der Waals surface area (Å²) in [6.07, 6.45) is -1.02. The molecule has 1 aromatic heterocycles. The van der Waals surface area contributed by atoms with Crippen LogP contribution in [0.1, 0.15) is 42.7 Å². The molecule has 0 aliphatic carbocycles. The number of aromatic nitrogens is 1. The van der Waals surface area contributed by atoms with Crippen molar-refractivity contribution in [3.8, 4) is 0 Å². The van der Waals surface area contributed by atoms with Gasteiger partial charge in [-0.2, -0.15) is 0 Å². The lowest BCUT2D eigenvalue weighted by Crippen LogP contribution is -2.04. The highest BCUT2D eigenvalue weighted by Crippen LogP contribution is 2.18. The number of nitrogens with zero attached hydrogens (tertiary/aromatic N) is 1. The van der Waals surface area contributed by atoms with Gasteiger partial charge in [0, 0.05) is 18.2 Å². The summed E-state index contributed by atoms with van der Waals surface area (Å²) >= 11 is 0. The van der Waals surface area contributed by atoms with Gasteiger partial charge in [0.05, 0.1) is 0 Å². The molecule has 0 aliphatic rings. The van der Waals surface area contributed by atoms with Gasteiger partial charge in [-0.25, -0.2) is 8.78 Å². The van der Waals surface area contributed by atoms with Crippen molar-refractivity contribution in [3.05, 3.63) is 29.6 Å². The molecule has 1 aromatic rings. The van der Waals surface area contributed by atoms with Gasteiger partial charge >= 0.3 is 0 Å². The highest BCUT2D eigenvalue weighted by molar-refractivity contribution is 5.96. The number of ketones is 1. The summed E-state index contributed by atoms with van der Waals surface area (Å²) < 4.78 is 24.6. The second-order valence-corrected chi connectivity index (χ2v) is 3.79. The third-order valence-electron chi connectivity index (χ3n) is 1.92. The van der Waals surface area contributed by atoms with Crippen LogP contribution in [0.15, 0.2) is 18.3 Å². The number of halogens is 2. The summed E-state index contributed by atoms with van der Waals surface area (Å²) in [7, 11) is 0. The molecule has 0 unspecified atom stereocenters. The SMILES string of the molecule is CC(C)CC(=O)c1ccnc(C(F)F)c1. The van der Waals surface area contributed by atoms with Crippen LogP contribution >= 0.6 is 0 Å². The van der Waals surface area contributed by atoms with Crippen LogP contribution in [0.3, 0.4) is 0 Å². The van der Waals surface area contributed by atoms with Crippen molar-refractivity contribution < 1.29 is 13.6 Å². The lowest BCUT2D eigenvalue weighted by molar-refractivity contribution is 0.0967. The van der Waals surface area contributed by atoms with E-state index >= 15 is 0 Å². The van der Waals surface area contributed by atoms with Crippen LogP contribution in [0.5, 0.6) is 0 Å². The Morgan fingerprint density at radius 1 is 1.47 bits per heavy atom. The van der Waals surface area contributed by atoms with Crippen molar-refractivity contribution in [3.63, 3.8) is 0 Å². The van der Waals surface area contributed by atoms with Crippen molar-refractivity contribution >= 4 is 5.78 Å². The van der Waals surface area contributed by atoms with Gasteiger partial charge in [0.25, 0.3) is 6.43 Å². The number of carbonyl (C=O) groups excluding carboxylic acids is 1. The minimum Gasteiger partial charge on any atom is -0.294 e. The number of hydrogen-bond acceptors (Lipinski definition) is 2. The number of rotatable bonds is 4. The normalized spacial score (nSPS) is 11.1. The molecule has 0 aromatic carbocycles. The molecule has 0 saturated heterocycles. The summed E-state index contributed by atoms with van der Waals surface area (Å²) in [4.78, 5) is 15.1. The van der Waals surface area contributed by atoms with Gasteiger partial charge in [-0.05, 0) is 18.1 Å². The number of alkyl halides is 2. The molecule has 1 rings (SSSR count). The minimum atomic E-state index is -2.63. The fourth-order valence-corrected chi connectivity index (χ4v) is 1.23. The first kappa shape index (κ1) is 11.8. The summed E-state index contributed by atoms with van der Waals surface area (Å²) in [5.74, 6) is 0.106. The van der Waals surface area contributed by atoms with E-state index in [-0.39, 0.29) is 17.4 Å². The Morgan fingerprint density at radius 2 is 2.13 bits per heavy atom.